The van der Waals surface area contributed by atoms with Crippen LogP contribution in [-0.4, -0.2) is 45.3 Å². The molecule has 1 aromatic carbocycles. The molecule has 0 fully saturated rings. The topological polar surface area (TPSA) is 134 Å². The first kappa shape index (κ1) is 15.6. The van der Waals surface area contributed by atoms with E-state index in [1.165, 1.54) is 24.3 Å². The first-order chi connectivity index (χ1) is 8.78. The van der Waals surface area contributed by atoms with Crippen LogP contribution in [0.5, 0.6) is 5.75 Å². The van der Waals surface area contributed by atoms with E-state index in [0.29, 0.717) is 0 Å². The van der Waals surface area contributed by atoms with Gasteiger partial charge in [-0.25, -0.2) is 9.36 Å². The summed E-state index contributed by atoms with van der Waals surface area (Å²) in [5.41, 5.74) is 0.168. The Morgan fingerprint density at radius 1 is 1.21 bits per heavy atom. The maximum absolute atomic E-state index is 11.5. The first-order valence-electron chi connectivity index (χ1n) is 5.12. The van der Waals surface area contributed by atoms with Crippen LogP contribution in [0.3, 0.4) is 0 Å². The van der Waals surface area contributed by atoms with Crippen molar-refractivity contribution >= 4 is 13.8 Å². The molecule has 1 atom stereocenters. The van der Waals surface area contributed by atoms with Crippen molar-refractivity contribution in [3.05, 3.63) is 29.8 Å². The average molecular weight is 292 g/mol. The number of ether oxygens (including phenoxy) is 1. The van der Waals surface area contributed by atoms with Gasteiger partial charge in [-0.1, -0.05) is 0 Å². The van der Waals surface area contributed by atoms with Crippen molar-refractivity contribution in [1.29, 1.82) is 0 Å². The highest BCUT2D eigenvalue weighted by molar-refractivity contribution is 7.46. The van der Waals surface area contributed by atoms with E-state index in [1.54, 1.807) is 0 Å². The average Bonchev–Trinajstić information content (AvgIpc) is 2.33. The van der Waals surface area contributed by atoms with Gasteiger partial charge in [-0.15, -0.1) is 0 Å². The number of phosphoric ester groups is 1. The number of rotatable bonds is 6. The summed E-state index contributed by atoms with van der Waals surface area (Å²) in [6.45, 7) is -1.13. The van der Waals surface area contributed by atoms with Crippen LogP contribution in [-0.2, 0) is 13.8 Å². The lowest BCUT2D eigenvalue weighted by molar-refractivity contribution is 0.00908. The molecule has 8 nitrogen and oxygen atoms in total. The van der Waals surface area contributed by atoms with Crippen molar-refractivity contribution in [2.45, 2.75) is 6.10 Å². The normalized spacial score (nSPS) is 13.0. The highest BCUT2D eigenvalue weighted by Crippen LogP contribution is 2.35. The summed E-state index contributed by atoms with van der Waals surface area (Å²) in [6.07, 6.45) is -1.35. The number of aliphatic hydroxyl groups excluding tert-OH is 1. The predicted molar refractivity (Wildman–Crippen MR) is 62.4 cm³/mol. The summed E-state index contributed by atoms with van der Waals surface area (Å²) in [5.74, 6) is -0.748. The van der Waals surface area contributed by atoms with Gasteiger partial charge in [0.1, 0.15) is 18.5 Å². The summed E-state index contributed by atoms with van der Waals surface area (Å²) in [6, 6.07) is 5.25. The Bertz CT molecular complexity index is 465. The number of aromatic hydroxyl groups is 1. The Morgan fingerprint density at radius 2 is 1.79 bits per heavy atom. The Labute approximate surface area is 108 Å². The molecule has 0 aliphatic heterocycles. The zero-order valence-electron chi connectivity index (χ0n) is 9.67. The zero-order valence-corrected chi connectivity index (χ0v) is 10.6. The largest absolute Gasteiger partial charge is 0.508 e. The second-order valence-corrected chi connectivity index (χ2v) is 4.82. The summed E-state index contributed by atoms with van der Waals surface area (Å²) < 4.78 is 19.1. The minimum Gasteiger partial charge on any atom is -0.508 e. The van der Waals surface area contributed by atoms with Crippen LogP contribution in [0, 0.1) is 0 Å². The summed E-state index contributed by atoms with van der Waals surface area (Å²) in [4.78, 5) is 28.2. The van der Waals surface area contributed by atoms with Crippen LogP contribution in [0.15, 0.2) is 24.3 Å². The molecule has 0 aliphatic rings. The smallest absolute Gasteiger partial charge is 0.469 e. The molecular formula is C10H13O8P. The SMILES string of the molecule is O=C(OCC(O)COP(=O)(O)O)c1ccc(O)cc1. The number of esters is 1. The van der Waals surface area contributed by atoms with E-state index in [4.69, 9.17) is 19.6 Å². The van der Waals surface area contributed by atoms with Crippen molar-refractivity contribution in [2.75, 3.05) is 13.2 Å². The molecule has 0 spiro atoms. The molecule has 0 heterocycles. The van der Waals surface area contributed by atoms with Crippen LogP contribution in [0.2, 0.25) is 0 Å². The lowest BCUT2D eigenvalue weighted by Crippen LogP contribution is -2.23. The molecule has 0 aliphatic carbocycles. The van der Waals surface area contributed by atoms with E-state index in [-0.39, 0.29) is 11.3 Å². The van der Waals surface area contributed by atoms with E-state index in [1.807, 2.05) is 0 Å². The third-order valence-corrected chi connectivity index (χ3v) is 2.43. The molecule has 4 N–H and O–H groups in total. The summed E-state index contributed by atoms with van der Waals surface area (Å²) in [5, 5.41) is 18.3. The molecule has 0 saturated carbocycles. The van der Waals surface area contributed by atoms with Gasteiger partial charge in [-0.3, -0.25) is 4.52 Å². The number of aliphatic hydroxyl groups is 1. The summed E-state index contributed by atoms with van der Waals surface area (Å²) >= 11 is 0. The van der Waals surface area contributed by atoms with Crippen LogP contribution in [0.25, 0.3) is 0 Å². The van der Waals surface area contributed by atoms with Gasteiger partial charge in [0.15, 0.2) is 0 Å². The fourth-order valence-electron chi connectivity index (χ4n) is 1.08. The predicted octanol–water partition coefficient (Wildman–Crippen LogP) is 0.0192. The van der Waals surface area contributed by atoms with Gasteiger partial charge >= 0.3 is 13.8 Å². The number of carbonyl (C=O) groups is 1. The van der Waals surface area contributed by atoms with Gasteiger partial charge in [-0.05, 0) is 24.3 Å². The van der Waals surface area contributed by atoms with Crippen molar-refractivity contribution in [1.82, 2.24) is 0 Å². The Hall–Kier alpha value is -1.44. The summed E-state index contributed by atoms with van der Waals surface area (Å²) in [7, 11) is -4.66. The van der Waals surface area contributed by atoms with Gasteiger partial charge in [0.05, 0.1) is 12.2 Å². The highest BCUT2D eigenvalue weighted by atomic mass is 31.2. The number of carbonyl (C=O) groups excluding carboxylic acids is 1. The minimum absolute atomic E-state index is 0.00775. The molecule has 1 rings (SSSR count). The van der Waals surface area contributed by atoms with Crippen LogP contribution >= 0.6 is 7.82 Å². The minimum atomic E-state index is -4.66. The van der Waals surface area contributed by atoms with Crippen LogP contribution in [0.1, 0.15) is 10.4 Å². The van der Waals surface area contributed by atoms with Gasteiger partial charge in [0.2, 0.25) is 0 Å². The maximum atomic E-state index is 11.5. The molecule has 1 unspecified atom stereocenters. The van der Waals surface area contributed by atoms with Crippen LogP contribution in [0.4, 0.5) is 0 Å². The highest BCUT2D eigenvalue weighted by Gasteiger charge is 2.18. The molecule has 1 aromatic rings. The van der Waals surface area contributed by atoms with E-state index in [9.17, 15) is 14.5 Å². The number of hydrogen-bond acceptors (Lipinski definition) is 6. The van der Waals surface area contributed by atoms with Gasteiger partial charge in [0, 0.05) is 0 Å². The second kappa shape index (κ2) is 6.65. The van der Waals surface area contributed by atoms with E-state index in [2.05, 4.69) is 4.52 Å². The molecule has 106 valence electrons. The Kier molecular flexibility index (Phi) is 5.46. The fourth-order valence-corrected chi connectivity index (χ4v) is 1.45. The maximum Gasteiger partial charge on any atom is 0.469 e. The van der Waals surface area contributed by atoms with Crippen molar-refractivity contribution < 1.29 is 38.6 Å². The van der Waals surface area contributed by atoms with Crippen LogP contribution < -0.4 is 0 Å². The third kappa shape index (κ3) is 6.32. The van der Waals surface area contributed by atoms with Gasteiger partial charge in [-0.2, -0.15) is 0 Å². The van der Waals surface area contributed by atoms with Crippen molar-refractivity contribution in [3.63, 3.8) is 0 Å². The third-order valence-electron chi connectivity index (χ3n) is 1.94. The first-order valence-corrected chi connectivity index (χ1v) is 6.65. The molecule has 0 saturated heterocycles. The molecule has 0 aromatic heterocycles. The number of phosphoric acid groups is 1. The lowest BCUT2D eigenvalue weighted by Gasteiger charge is -2.12. The number of phenolic OH excluding ortho intramolecular Hbond substituents is 1. The van der Waals surface area contributed by atoms with Crippen molar-refractivity contribution in [2.24, 2.45) is 0 Å². The van der Waals surface area contributed by atoms with E-state index in [0.717, 1.165) is 0 Å². The van der Waals surface area contributed by atoms with Crippen molar-refractivity contribution in [3.8, 4) is 5.75 Å². The standard InChI is InChI=1S/C10H13O8P/c11-8-3-1-7(2-4-8)10(13)17-5-9(12)6-18-19(14,15)16/h1-4,9,11-12H,5-6H2,(H2,14,15,16). The number of benzene rings is 1. The van der Waals surface area contributed by atoms with E-state index >= 15 is 0 Å². The molecule has 9 heteroatoms. The van der Waals surface area contributed by atoms with Gasteiger partial charge in [0.25, 0.3) is 0 Å². The molecule has 19 heavy (non-hydrogen) atoms. The second-order valence-electron chi connectivity index (χ2n) is 3.59. The van der Waals surface area contributed by atoms with E-state index < -0.39 is 33.1 Å². The number of hydrogen-bond donors (Lipinski definition) is 4. The number of phenols is 1. The van der Waals surface area contributed by atoms with Gasteiger partial charge < -0.3 is 24.7 Å². The molecular weight excluding hydrogens is 279 g/mol. The molecule has 0 radical (unpaired) electrons. The lowest BCUT2D eigenvalue weighted by atomic mass is 10.2. The molecule has 0 bridgehead atoms. The quantitative estimate of drug-likeness (QED) is 0.426. The Morgan fingerprint density at radius 3 is 2.32 bits per heavy atom. The Balaban J connectivity index is 2.38. The molecule has 0 amide bonds. The monoisotopic (exact) mass is 292 g/mol. The zero-order chi connectivity index (χ0) is 14.5. The fraction of sp³-hybridized carbons (Fsp3) is 0.300.